The van der Waals surface area contributed by atoms with E-state index in [1.165, 1.54) is 19.2 Å². The lowest BCUT2D eigenvalue weighted by atomic mass is 10.1. The predicted octanol–water partition coefficient (Wildman–Crippen LogP) is 4.27. The van der Waals surface area contributed by atoms with Gasteiger partial charge in [0.2, 0.25) is 5.89 Å². The zero-order valence-corrected chi connectivity index (χ0v) is 14.4. The van der Waals surface area contributed by atoms with Crippen LogP contribution in [0.5, 0.6) is 5.75 Å². The van der Waals surface area contributed by atoms with Gasteiger partial charge in [-0.3, -0.25) is 4.79 Å². The Kier molecular flexibility index (Phi) is 4.14. The number of nitrogens with one attached hydrogen (secondary N) is 1. The monoisotopic (exact) mass is 387 g/mol. The molecular weight excluding hydrogens is 375 g/mol. The van der Waals surface area contributed by atoms with Gasteiger partial charge in [0.25, 0.3) is 11.4 Å². The number of H-pyrrole nitrogens is 1. The maximum absolute atomic E-state index is 12.8. The van der Waals surface area contributed by atoms with Crippen molar-refractivity contribution in [3.05, 3.63) is 64.4 Å². The molecule has 6 nitrogen and oxygen atoms in total. The van der Waals surface area contributed by atoms with Crippen LogP contribution in [-0.2, 0) is 6.18 Å². The summed E-state index contributed by atoms with van der Waals surface area (Å²) in [4.78, 5) is 14.8. The minimum absolute atomic E-state index is 0.0409. The predicted molar refractivity (Wildman–Crippen MR) is 94.9 cm³/mol. The first-order chi connectivity index (χ1) is 13.3. The van der Waals surface area contributed by atoms with E-state index in [1.54, 1.807) is 24.3 Å². The van der Waals surface area contributed by atoms with Crippen LogP contribution in [0.15, 0.2) is 57.7 Å². The van der Waals surface area contributed by atoms with Crippen LogP contribution in [0.2, 0.25) is 0 Å². The van der Waals surface area contributed by atoms with Crippen LogP contribution in [0.4, 0.5) is 13.2 Å². The molecule has 0 amide bonds. The lowest BCUT2D eigenvalue weighted by Gasteiger charge is -2.07. The standard InChI is InChI=1S/C19H12F3N3O3/c1-27-13-4-2-3-11(7-13)17-24-25-18(28-17)14-8-10-5-6-12(19(20,21)22)9-15(10)23-16(14)26/h2-9H,1H3,(H,23,26). The number of pyridine rings is 1. The highest BCUT2D eigenvalue weighted by Crippen LogP contribution is 2.31. The van der Waals surface area contributed by atoms with Gasteiger partial charge in [-0.25, -0.2) is 0 Å². The van der Waals surface area contributed by atoms with Crippen molar-refractivity contribution in [2.24, 2.45) is 0 Å². The van der Waals surface area contributed by atoms with Crippen molar-refractivity contribution in [2.75, 3.05) is 7.11 Å². The number of fused-ring (bicyclic) bond motifs is 1. The Hall–Kier alpha value is -3.62. The van der Waals surface area contributed by atoms with Gasteiger partial charge in [-0.2, -0.15) is 13.2 Å². The molecular formula is C19H12F3N3O3. The summed E-state index contributed by atoms with van der Waals surface area (Å²) in [6, 6.07) is 11.5. The average molecular weight is 387 g/mol. The number of methoxy groups -OCH3 is 1. The molecule has 0 aliphatic rings. The van der Waals surface area contributed by atoms with E-state index in [-0.39, 0.29) is 22.9 Å². The summed E-state index contributed by atoms with van der Waals surface area (Å²) in [6.07, 6.45) is -4.50. The SMILES string of the molecule is COc1cccc(-c2nnc(-c3cc4ccc(C(F)(F)F)cc4[nH]c3=O)o2)c1. The summed E-state index contributed by atoms with van der Waals surface area (Å²) in [7, 11) is 1.52. The Morgan fingerprint density at radius 2 is 1.82 bits per heavy atom. The van der Waals surface area contributed by atoms with Crippen LogP contribution >= 0.6 is 0 Å². The Morgan fingerprint density at radius 1 is 1.04 bits per heavy atom. The summed E-state index contributed by atoms with van der Waals surface area (Å²) in [6.45, 7) is 0. The number of hydrogen-bond donors (Lipinski definition) is 1. The third kappa shape index (κ3) is 3.22. The fourth-order valence-corrected chi connectivity index (χ4v) is 2.74. The molecule has 9 heteroatoms. The topological polar surface area (TPSA) is 81.0 Å². The fraction of sp³-hybridized carbons (Fsp3) is 0.105. The average Bonchev–Trinajstić information content (AvgIpc) is 3.16. The normalized spacial score (nSPS) is 11.7. The highest BCUT2D eigenvalue weighted by molar-refractivity contribution is 5.83. The molecule has 0 atom stereocenters. The van der Waals surface area contributed by atoms with E-state index in [2.05, 4.69) is 15.2 Å². The summed E-state index contributed by atoms with van der Waals surface area (Å²) in [5, 5.41) is 8.22. The summed E-state index contributed by atoms with van der Waals surface area (Å²) in [5.74, 6) is 0.739. The van der Waals surface area contributed by atoms with Crippen molar-refractivity contribution in [3.8, 4) is 28.7 Å². The molecule has 0 radical (unpaired) electrons. The molecule has 0 aliphatic carbocycles. The molecule has 28 heavy (non-hydrogen) atoms. The number of hydrogen-bond acceptors (Lipinski definition) is 5. The van der Waals surface area contributed by atoms with E-state index in [9.17, 15) is 18.0 Å². The second-order valence-electron chi connectivity index (χ2n) is 5.96. The fourth-order valence-electron chi connectivity index (χ4n) is 2.74. The first-order valence-electron chi connectivity index (χ1n) is 8.08. The molecule has 4 rings (SSSR count). The van der Waals surface area contributed by atoms with Crippen LogP contribution in [0, 0.1) is 0 Å². The van der Waals surface area contributed by atoms with Gasteiger partial charge >= 0.3 is 6.18 Å². The van der Waals surface area contributed by atoms with E-state index < -0.39 is 17.3 Å². The second kappa shape index (κ2) is 6.52. The zero-order chi connectivity index (χ0) is 19.9. The molecule has 0 aliphatic heterocycles. The number of halogens is 3. The second-order valence-corrected chi connectivity index (χ2v) is 5.96. The van der Waals surface area contributed by atoms with Gasteiger partial charge < -0.3 is 14.1 Å². The Bertz CT molecular complexity index is 1230. The lowest BCUT2D eigenvalue weighted by Crippen LogP contribution is -2.10. The molecule has 2 aromatic carbocycles. The maximum Gasteiger partial charge on any atom is 0.416 e. The van der Waals surface area contributed by atoms with Gasteiger partial charge in [0, 0.05) is 11.1 Å². The van der Waals surface area contributed by atoms with Crippen molar-refractivity contribution in [1.82, 2.24) is 15.2 Å². The third-order valence-electron chi connectivity index (χ3n) is 4.15. The highest BCUT2D eigenvalue weighted by Gasteiger charge is 2.30. The minimum Gasteiger partial charge on any atom is -0.497 e. The Balaban J connectivity index is 1.76. The summed E-state index contributed by atoms with van der Waals surface area (Å²) in [5.41, 5.74) is -0.746. The first-order valence-corrected chi connectivity index (χ1v) is 8.08. The van der Waals surface area contributed by atoms with E-state index in [4.69, 9.17) is 9.15 Å². The first kappa shape index (κ1) is 17.8. The van der Waals surface area contributed by atoms with Crippen molar-refractivity contribution >= 4 is 10.9 Å². The van der Waals surface area contributed by atoms with Gasteiger partial charge in [0.1, 0.15) is 11.3 Å². The van der Waals surface area contributed by atoms with Crippen molar-refractivity contribution in [1.29, 1.82) is 0 Å². The molecule has 1 N–H and O–H groups in total. The largest absolute Gasteiger partial charge is 0.497 e. The molecule has 4 aromatic rings. The molecule has 0 fully saturated rings. The molecule has 0 saturated heterocycles. The number of nitrogens with zero attached hydrogens (tertiary/aromatic N) is 2. The molecule has 0 unspecified atom stereocenters. The zero-order valence-electron chi connectivity index (χ0n) is 14.4. The lowest BCUT2D eigenvalue weighted by molar-refractivity contribution is -0.137. The smallest absolute Gasteiger partial charge is 0.416 e. The third-order valence-corrected chi connectivity index (χ3v) is 4.15. The van der Waals surface area contributed by atoms with Gasteiger partial charge in [0.05, 0.1) is 12.7 Å². The minimum atomic E-state index is -4.50. The van der Waals surface area contributed by atoms with Crippen LogP contribution in [0.3, 0.4) is 0 Å². The summed E-state index contributed by atoms with van der Waals surface area (Å²) < 4.78 is 49.3. The van der Waals surface area contributed by atoms with E-state index in [1.807, 2.05) is 0 Å². The van der Waals surface area contributed by atoms with E-state index >= 15 is 0 Å². The van der Waals surface area contributed by atoms with Crippen molar-refractivity contribution in [2.45, 2.75) is 6.18 Å². The van der Waals surface area contributed by atoms with Gasteiger partial charge in [-0.05, 0) is 41.8 Å². The van der Waals surface area contributed by atoms with Crippen LogP contribution in [0.1, 0.15) is 5.56 Å². The Labute approximate surface area is 155 Å². The Morgan fingerprint density at radius 3 is 2.57 bits per heavy atom. The number of ether oxygens (including phenoxy) is 1. The van der Waals surface area contributed by atoms with Gasteiger partial charge in [-0.1, -0.05) is 12.1 Å². The number of benzene rings is 2. The van der Waals surface area contributed by atoms with Crippen LogP contribution in [-0.4, -0.2) is 22.3 Å². The van der Waals surface area contributed by atoms with Crippen LogP contribution < -0.4 is 10.3 Å². The molecule has 0 saturated carbocycles. The van der Waals surface area contributed by atoms with Crippen molar-refractivity contribution in [3.63, 3.8) is 0 Å². The number of aromatic amines is 1. The summed E-state index contributed by atoms with van der Waals surface area (Å²) >= 11 is 0. The molecule has 0 spiro atoms. The molecule has 0 bridgehead atoms. The van der Waals surface area contributed by atoms with Crippen molar-refractivity contribution < 1.29 is 22.3 Å². The number of aromatic nitrogens is 3. The van der Waals surface area contributed by atoms with Gasteiger partial charge in [-0.15, -0.1) is 10.2 Å². The maximum atomic E-state index is 12.8. The molecule has 142 valence electrons. The van der Waals surface area contributed by atoms with Crippen LogP contribution in [0.25, 0.3) is 33.8 Å². The van der Waals surface area contributed by atoms with E-state index in [0.717, 1.165) is 12.1 Å². The number of alkyl halides is 3. The number of rotatable bonds is 3. The highest BCUT2D eigenvalue weighted by atomic mass is 19.4. The molecule has 2 heterocycles. The molecule has 2 aromatic heterocycles. The quantitative estimate of drug-likeness (QED) is 0.568. The van der Waals surface area contributed by atoms with Gasteiger partial charge in [0.15, 0.2) is 0 Å². The van der Waals surface area contributed by atoms with E-state index in [0.29, 0.717) is 16.7 Å².